The highest BCUT2D eigenvalue weighted by atomic mass is 79.9. The number of carbonyl (C=O) groups is 2. The zero-order valence-corrected chi connectivity index (χ0v) is 32.0. The summed E-state index contributed by atoms with van der Waals surface area (Å²) in [6, 6.07) is 23.4. The molecule has 4 aromatic carbocycles. The van der Waals surface area contributed by atoms with Gasteiger partial charge in [-0.25, -0.2) is 8.42 Å². The lowest BCUT2D eigenvalue weighted by atomic mass is 9.94. The molecule has 2 amide bonds. The number of hydrogen-bond donors (Lipinski definition) is 1. The van der Waals surface area contributed by atoms with Gasteiger partial charge in [0.1, 0.15) is 18.3 Å². The van der Waals surface area contributed by atoms with E-state index in [-0.39, 0.29) is 46.9 Å². The average molecular weight is 812 g/mol. The molecule has 1 fully saturated rings. The van der Waals surface area contributed by atoms with Crippen LogP contribution in [0.1, 0.15) is 48.8 Å². The van der Waals surface area contributed by atoms with Crippen molar-refractivity contribution in [3.05, 3.63) is 127 Å². The molecule has 14 heteroatoms. The van der Waals surface area contributed by atoms with Gasteiger partial charge in [-0.1, -0.05) is 95.3 Å². The highest BCUT2D eigenvalue weighted by Gasteiger charge is 2.37. The molecule has 0 heterocycles. The number of rotatable bonds is 14. The Morgan fingerprint density at radius 3 is 2.37 bits per heavy atom. The molecule has 274 valence electrons. The molecule has 4 aromatic rings. The molecule has 5 rings (SSSR count). The van der Waals surface area contributed by atoms with Crippen LogP contribution in [0.3, 0.4) is 0 Å². The van der Waals surface area contributed by atoms with Gasteiger partial charge in [-0.15, -0.1) is 0 Å². The van der Waals surface area contributed by atoms with E-state index >= 15 is 0 Å². The largest absolute Gasteiger partial charge is 0.495 e. The number of carbonyl (C=O) groups excluding carboxylic acids is 2. The fourth-order valence-electron chi connectivity index (χ4n) is 6.38. The highest BCUT2D eigenvalue weighted by Crippen LogP contribution is 2.36. The molecule has 52 heavy (non-hydrogen) atoms. The third-order valence-electron chi connectivity index (χ3n) is 9.12. The van der Waals surface area contributed by atoms with Gasteiger partial charge in [0.25, 0.3) is 15.7 Å². The lowest BCUT2D eigenvalue weighted by Gasteiger charge is -2.35. The second-order valence-corrected chi connectivity index (χ2v) is 15.9. The van der Waals surface area contributed by atoms with Crippen molar-refractivity contribution >= 4 is 60.7 Å². The Hall–Kier alpha value is -4.46. The molecule has 1 N–H and O–H groups in total. The Bertz CT molecular complexity index is 2030. The summed E-state index contributed by atoms with van der Waals surface area (Å²) in [6.45, 7) is 0.696. The normalized spacial score (nSPS) is 13.9. The molecule has 0 spiro atoms. The van der Waals surface area contributed by atoms with Crippen molar-refractivity contribution in [3.63, 3.8) is 0 Å². The Kier molecular flexibility index (Phi) is 12.9. The van der Waals surface area contributed by atoms with E-state index in [9.17, 15) is 28.1 Å². The van der Waals surface area contributed by atoms with Crippen LogP contribution in [0.15, 0.2) is 100 Å². The molecule has 1 aliphatic rings. The number of halogens is 2. The number of benzene rings is 4. The van der Waals surface area contributed by atoms with Gasteiger partial charge in [0.15, 0.2) is 0 Å². The van der Waals surface area contributed by atoms with E-state index in [0.717, 1.165) is 52.5 Å². The Morgan fingerprint density at radius 1 is 0.981 bits per heavy atom. The van der Waals surface area contributed by atoms with E-state index in [4.69, 9.17) is 16.3 Å². The van der Waals surface area contributed by atoms with E-state index in [0.29, 0.717) is 5.56 Å². The van der Waals surface area contributed by atoms with Crippen LogP contribution >= 0.6 is 27.5 Å². The minimum Gasteiger partial charge on any atom is -0.495 e. The molecule has 0 saturated heterocycles. The van der Waals surface area contributed by atoms with Crippen molar-refractivity contribution in [1.29, 1.82) is 0 Å². The molecule has 0 bridgehead atoms. The number of hydrogen-bond acceptors (Lipinski definition) is 7. The SMILES string of the molecule is COc1ccc(Cl)cc1N(CC(=O)N(Cc1cccc(Br)c1)[C@@H](Cc1ccccc1)C(=O)NC1CCCCC1)S(=O)(=O)c1ccc(C)c([N+](=O)[O-])c1. The molecule has 1 atom stereocenters. The molecule has 0 radical (unpaired) electrons. The second-order valence-electron chi connectivity index (χ2n) is 12.7. The Labute approximate surface area is 317 Å². The highest BCUT2D eigenvalue weighted by molar-refractivity contribution is 9.10. The summed E-state index contributed by atoms with van der Waals surface area (Å²) < 4.78 is 36.3. The Morgan fingerprint density at radius 2 is 1.69 bits per heavy atom. The van der Waals surface area contributed by atoms with Crippen molar-refractivity contribution in [2.45, 2.75) is 69.0 Å². The maximum atomic E-state index is 14.9. The van der Waals surface area contributed by atoms with Crippen LogP contribution < -0.4 is 14.4 Å². The molecular weight excluding hydrogens is 772 g/mol. The number of ether oxygens (including phenoxy) is 1. The third-order valence-corrected chi connectivity index (χ3v) is 11.6. The second kappa shape index (κ2) is 17.4. The number of sulfonamides is 1. The van der Waals surface area contributed by atoms with Crippen molar-refractivity contribution in [1.82, 2.24) is 10.2 Å². The van der Waals surface area contributed by atoms with Crippen LogP contribution in [0.4, 0.5) is 11.4 Å². The minimum atomic E-state index is -4.68. The van der Waals surface area contributed by atoms with Crippen LogP contribution in [-0.4, -0.2) is 55.8 Å². The molecule has 11 nitrogen and oxygen atoms in total. The van der Waals surface area contributed by atoms with Gasteiger partial charge in [-0.2, -0.15) is 0 Å². The summed E-state index contributed by atoms with van der Waals surface area (Å²) >= 11 is 9.88. The number of nitrogens with zero attached hydrogens (tertiary/aromatic N) is 3. The van der Waals surface area contributed by atoms with E-state index in [1.807, 2.05) is 54.6 Å². The predicted molar refractivity (Wildman–Crippen MR) is 204 cm³/mol. The zero-order valence-electron chi connectivity index (χ0n) is 28.8. The van der Waals surface area contributed by atoms with Crippen LogP contribution in [-0.2, 0) is 32.6 Å². The van der Waals surface area contributed by atoms with Gasteiger partial charge >= 0.3 is 0 Å². The smallest absolute Gasteiger partial charge is 0.273 e. The summed E-state index contributed by atoms with van der Waals surface area (Å²) in [7, 11) is -3.33. The summed E-state index contributed by atoms with van der Waals surface area (Å²) in [5.74, 6) is -0.938. The lowest BCUT2D eigenvalue weighted by Crippen LogP contribution is -2.55. The number of aryl methyl sites for hydroxylation is 1. The topological polar surface area (TPSA) is 139 Å². The van der Waals surface area contributed by atoms with E-state index in [2.05, 4.69) is 21.2 Å². The van der Waals surface area contributed by atoms with Crippen LogP contribution in [0.5, 0.6) is 5.75 Å². The van der Waals surface area contributed by atoms with E-state index < -0.39 is 44.0 Å². The van der Waals surface area contributed by atoms with Gasteiger partial charge in [0.05, 0.1) is 22.6 Å². The summed E-state index contributed by atoms with van der Waals surface area (Å²) in [5, 5.41) is 15.2. The van der Waals surface area contributed by atoms with Gasteiger partial charge in [-0.3, -0.25) is 24.0 Å². The van der Waals surface area contributed by atoms with Crippen molar-refractivity contribution < 1.29 is 27.7 Å². The molecule has 0 unspecified atom stereocenters. The first kappa shape index (κ1) is 38.8. The van der Waals surface area contributed by atoms with Gasteiger partial charge in [0, 0.05) is 40.1 Å². The van der Waals surface area contributed by atoms with Crippen LogP contribution in [0, 0.1) is 17.0 Å². The van der Waals surface area contributed by atoms with E-state index in [1.165, 1.54) is 49.3 Å². The van der Waals surface area contributed by atoms with Crippen molar-refractivity contribution in [2.75, 3.05) is 18.0 Å². The molecule has 1 saturated carbocycles. The molecule has 0 aliphatic heterocycles. The minimum absolute atomic E-state index is 0.0234. The standard InChI is InChI=1S/C38H40BrClN4O7S/c1-26-16-18-32(23-33(26)44(47)48)52(49,50)43(34-22-30(40)17-19-36(34)51-2)25-37(45)42(24-28-12-9-13-29(39)20-28)35(21-27-10-5-3-6-11-27)38(46)41-31-14-7-4-8-15-31/h3,5-6,9-13,16-20,22-23,31,35H,4,7-8,14-15,21,24-25H2,1-2H3,(H,41,46)/t35-/m0/s1. The fourth-order valence-corrected chi connectivity index (χ4v) is 8.43. The number of nitro groups is 1. The number of nitrogens with one attached hydrogen (secondary N) is 1. The quantitative estimate of drug-likeness (QED) is 0.102. The van der Waals surface area contributed by atoms with Crippen LogP contribution in [0.25, 0.3) is 0 Å². The third kappa shape index (κ3) is 9.50. The van der Waals surface area contributed by atoms with E-state index in [1.54, 1.807) is 0 Å². The average Bonchev–Trinajstić information content (AvgIpc) is 3.12. The van der Waals surface area contributed by atoms with Gasteiger partial charge in [0.2, 0.25) is 11.8 Å². The number of anilines is 1. The van der Waals surface area contributed by atoms with Crippen molar-refractivity contribution in [3.8, 4) is 5.75 Å². The van der Waals surface area contributed by atoms with Crippen molar-refractivity contribution in [2.24, 2.45) is 0 Å². The number of nitro benzene ring substituents is 1. The first-order valence-corrected chi connectivity index (χ1v) is 19.5. The predicted octanol–water partition coefficient (Wildman–Crippen LogP) is 7.61. The molecule has 0 aromatic heterocycles. The molecular formula is C38H40BrClN4O7S. The Balaban J connectivity index is 1.63. The van der Waals surface area contributed by atoms with Gasteiger partial charge in [-0.05, 0) is 67.3 Å². The first-order chi connectivity index (χ1) is 24.9. The first-order valence-electron chi connectivity index (χ1n) is 16.9. The maximum absolute atomic E-state index is 14.9. The summed E-state index contributed by atoms with van der Waals surface area (Å²) in [5.41, 5.74) is 1.32. The number of amides is 2. The fraction of sp³-hybridized carbons (Fsp3) is 0.316. The monoisotopic (exact) mass is 810 g/mol. The van der Waals surface area contributed by atoms with Gasteiger partial charge < -0.3 is 15.0 Å². The lowest BCUT2D eigenvalue weighted by molar-refractivity contribution is -0.385. The summed E-state index contributed by atoms with van der Waals surface area (Å²) in [6.07, 6.45) is 4.88. The summed E-state index contributed by atoms with van der Waals surface area (Å²) in [4.78, 5) is 41.4. The maximum Gasteiger partial charge on any atom is 0.273 e. The zero-order chi connectivity index (χ0) is 37.4. The van der Waals surface area contributed by atoms with Crippen LogP contribution in [0.2, 0.25) is 5.02 Å². The number of methoxy groups -OCH3 is 1. The molecule has 1 aliphatic carbocycles.